The predicted molar refractivity (Wildman–Crippen MR) is 267 cm³/mol. The van der Waals surface area contributed by atoms with Crippen LogP contribution in [0.15, 0.2) is 193 Å². The molecule has 3 heterocycles. The summed E-state index contributed by atoms with van der Waals surface area (Å²) in [6, 6.07) is 60.7. The summed E-state index contributed by atoms with van der Waals surface area (Å²) in [7, 11) is 3.35. The van der Waals surface area contributed by atoms with Gasteiger partial charge in [0.2, 0.25) is 0 Å². The second-order valence-corrected chi connectivity index (χ2v) is 16.2. The van der Waals surface area contributed by atoms with Crippen LogP contribution in [0.3, 0.4) is 0 Å². The molecule has 67 heavy (non-hydrogen) atoms. The molecular formula is C57H44N6O4. The average molecular weight is 877 g/mol. The van der Waals surface area contributed by atoms with Crippen LogP contribution in [0.1, 0.15) is 37.4 Å². The number of imidazole rings is 2. The van der Waals surface area contributed by atoms with Gasteiger partial charge in [0.1, 0.15) is 23.1 Å². The lowest BCUT2D eigenvalue weighted by atomic mass is 9.99. The summed E-state index contributed by atoms with van der Waals surface area (Å²) in [4.78, 5) is 46.1. The third kappa shape index (κ3) is 9.36. The first-order valence-corrected chi connectivity index (χ1v) is 21.9. The molecular weight excluding hydrogens is 833 g/mol. The fourth-order valence-corrected chi connectivity index (χ4v) is 8.13. The number of carbonyl (C=O) groups is 2. The number of H-pyrrole nitrogens is 2. The summed E-state index contributed by atoms with van der Waals surface area (Å²) < 4.78 is 10.5. The van der Waals surface area contributed by atoms with Crippen molar-refractivity contribution >= 4 is 50.8 Å². The summed E-state index contributed by atoms with van der Waals surface area (Å²) >= 11 is 0. The number of carbonyl (C=O) groups excluding carboxylic acids is 2. The van der Waals surface area contributed by atoms with Crippen molar-refractivity contribution in [2.75, 3.05) is 19.5 Å². The Labute approximate surface area is 387 Å². The number of rotatable bonds is 11. The third-order valence-electron chi connectivity index (χ3n) is 11.8. The largest absolute Gasteiger partial charge is 0.497 e. The first-order valence-electron chi connectivity index (χ1n) is 21.9. The van der Waals surface area contributed by atoms with E-state index in [2.05, 4.69) is 68.8 Å². The molecule has 10 aromatic rings. The molecule has 0 unspecified atom stereocenters. The number of ether oxygens (including phenoxy) is 2. The number of aromatic amines is 2. The van der Waals surface area contributed by atoms with E-state index >= 15 is 0 Å². The Morgan fingerprint density at radius 2 is 1.07 bits per heavy atom. The van der Waals surface area contributed by atoms with Crippen molar-refractivity contribution < 1.29 is 19.1 Å². The Hall–Kier alpha value is -8.89. The van der Waals surface area contributed by atoms with E-state index in [1.54, 1.807) is 26.4 Å². The molecule has 0 saturated carbocycles. The molecule has 3 N–H and O–H groups in total. The lowest BCUT2D eigenvalue weighted by Crippen LogP contribution is -2.11. The van der Waals surface area contributed by atoms with Crippen LogP contribution in [-0.4, -0.2) is 51.6 Å². The van der Waals surface area contributed by atoms with Crippen LogP contribution in [0.25, 0.3) is 56.0 Å². The van der Waals surface area contributed by atoms with E-state index in [1.165, 1.54) is 11.1 Å². The molecule has 0 saturated heterocycles. The normalized spacial score (nSPS) is 11.6. The molecule has 1 aliphatic heterocycles. The van der Waals surface area contributed by atoms with E-state index < -0.39 is 0 Å². The maximum atomic E-state index is 12.5. The minimum absolute atomic E-state index is 0.0825. The van der Waals surface area contributed by atoms with Gasteiger partial charge in [-0.1, -0.05) is 78.9 Å². The average Bonchev–Trinajstić information content (AvgIpc) is 4.14. The maximum absolute atomic E-state index is 12.5. The van der Waals surface area contributed by atoms with Crippen LogP contribution < -0.4 is 14.8 Å². The summed E-state index contributed by atoms with van der Waals surface area (Å²) in [6.45, 7) is 0. The number of amides is 1. The Bertz CT molecular complexity index is 3410. The summed E-state index contributed by atoms with van der Waals surface area (Å²) in [6.07, 6.45) is 1.16. The van der Waals surface area contributed by atoms with Crippen molar-refractivity contribution in [3.8, 4) is 45.4 Å². The van der Waals surface area contributed by atoms with Crippen LogP contribution in [-0.2, 0) is 12.8 Å². The highest BCUT2D eigenvalue weighted by Gasteiger charge is 2.18. The zero-order valence-electron chi connectivity index (χ0n) is 36.8. The first kappa shape index (κ1) is 42.1. The van der Waals surface area contributed by atoms with Crippen molar-refractivity contribution in [1.82, 2.24) is 19.9 Å². The molecule has 0 atom stereocenters. The van der Waals surface area contributed by atoms with Crippen molar-refractivity contribution in [2.45, 2.75) is 12.8 Å². The minimum Gasteiger partial charge on any atom is -0.497 e. The topological polar surface area (TPSA) is 134 Å². The van der Waals surface area contributed by atoms with E-state index in [9.17, 15) is 9.59 Å². The minimum atomic E-state index is -0.162. The highest BCUT2D eigenvalue weighted by Crippen LogP contribution is 2.35. The van der Waals surface area contributed by atoms with Gasteiger partial charge in [-0.25, -0.2) is 9.97 Å². The number of anilines is 1. The molecule has 0 spiro atoms. The lowest BCUT2D eigenvalue weighted by molar-refractivity contribution is 0.0991. The Morgan fingerprint density at radius 1 is 0.537 bits per heavy atom. The number of benzene rings is 8. The second kappa shape index (κ2) is 18.7. The van der Waals surface area contributed by atoms with Crippen molar-refractivity contribution in [1.29, 1.82) is 0 Å². The quantitative estimate of drug-likeness (QED) is 0.111. The number of aliphatic imine (C=N–C) groups is 1. The standard InChI is InChI=1S/C29H23N3O2.C28H21N3O2/c1-33-23-9-3-18(4-10-23)27-17-22-15-20(7-13-25(22)30-27)21-8-14-26-28(16-21)32-29(31-26)19-5-11-24(34-2)12-6-19;32-26(20-7-3-1-4-8-20)18-19-11-16-24-25(17-19)31-27(30-24)21-12-14-22(15-13-21)28(33)29-23-9-5-2-6-10-23/h3-16H,17H2,1-2H3,(H,31,32);1-17H,18H2,(H,29,33)(H,30,31). The number of nitrogens with one attached hydrogen (secondary N) is 3. The predicted octanol–water partition coefficient (Wildman–Crippen LogP) is 12.5. The van der Waals surface area contributed by atoms with Crippen LogP contribution in [0.2, 0.25) is 0 Å². The lowest BCUT2D eigenvalue weighted by Gasteiger charge is -2.05. The van der Waals surface area contributed by atoms with Crippen molar-refractivity contribution in [3.05, 3.63) is 216 Å². The summed E-state index contributed by atoms with van der Waals surface area (Å²) in [5.41, 5.74) is 15.3. The number of hydrogen-bond donors (Lipinski definition) is 3. The molecule has 10 nitrogen and oxygen atoms in total. The van der Waals surface area contributed by atoms with Gasteiger partial charge in [0.05, 0.1) is 47.7 Å². The van der Waals surface area contributed by atoms with E-state index in [0.29, 0.717) is 23.4 Å². The van der Waals surface area contributed by atoms with Crippen LogP contribution in [0, 0.1) is 0 Å². The fourth-order valence-electron chi connectivity index (χ4n) is 8.13. The SMILES string of the molecule is COc1ccc(C2=Nc3ccc(-c4ccc5nc(-c6ccc(OC)cc6)[nH]c5c4)cc3C2)cc1.O=C(Cc1ccc2nc(-c3ccc(C(=O)Nc4ccccc4)cc3)[nH]c2c1)c1ccccc1. The zero-order chi connectivity index (χ0) is 45.7. The second-order valence-electron chi connectivity index (χ2n) is 16.2. The van der Waals surface area contributed by atoms with Gasteiger partial charge in [-0.2, -0.15) is 0 Å². The summed E-state index contributed by atoms with van der Waals surface area (Å²) in [5, 5.41) is 2.88. The van der Waals surface area contributed by atoms with E-state index in [1.807, 2.05) is 127 Å². The number of Topliss-reactive ketones (excluding diaryl/α,β-unsaturated/α-hetero) is 1. The van der Waals surface area contributed by atoms with Gasteiger partial charge in [-0.3, -0.25) is 14.6 Å². The first-order chi connectivity index (χ1) is 32.8. The molecule has 11 rings (SSSR count). The number of nitrogens with zero attached hydrogens (tertiary/aromatic N) is 3. The van der Waals surface area contributed by atoms with E-state index in [-0.39, 0.29) is 11.7 Å². The number of ketones is 1. The van der Waals surface area contributed by atoms with Gasteiger partial charge in [-0.15, -0.1) is 0 Å². The number of fused-ring (bicyclic) bond motifs is 3. The Balaban J connectivity index is 0.000000157. The van der Waals surface area contributed by atoms with Gasteiger partial charge in [0.15, 0.2) is 5.78 Å². The molecule has 0 fully saturated rings. The molecule has 0 bridgehead atoms. The molecule has 1 amide bonds. The summed E-state index contributed by atoms with van der Waals surface area (Å²) in [5.74, 6) is 3.17. The highest BCUT2D eigenvalue weighted by atomic mass is 16.5. The monoisotopic (exact) mass is 876 g/mol. The van der Waals surface area contributed by atoms with Gasteiger partial charge in [0.25, 0.3) is 5.91 Å². The number of aromatic nitrogens is 4. The molecule has 0 radical (unpaired) electrons. The van der Waals surface area contributed by atoms with Crippen LogP contribution in [0.4, 0.5) is 11.4 Å². The fraction of sp³-hybridized carbons (Fsp3) is 0.0702. The Kier molecular flexibility index (Phi) is 11.7. The number of methoxy groups -OCH3 is 2. The maximum Gasteiger partial charge on any atom is 0.255 e. The molecule has 8 aromatic carbocycles. The van der Waals surface area contributed by atoms with E-state index in [0.717, 1.165) is 90.7 Å². The van der Waals surface area contributed by atoms with Gasteiger partial charge in [-0.05, 0) is 137 Å². The van der Waals surface area contributed by atoms with Crippen molar-refractivity contribution in [2.24, 2.45) is 4.99 Å². The van der Waals surface area contributed by atoms with Gasteiger partial charge in [0, 0.05) is 40.8 Å². The van der Waals surface area contributed by atoms with Crippen molar-refractivity contribution in [3.63, 3.8) is 0 Å². The molecule has 1 aliphatic rings. The van der Waals surface area contributed by atoms with Crippen LogP contribution in [0.5, 0.6) is 11.5 Å². The Morgan fingerprint density at radius 3 is 1.72 bits per heavy atom. The van der Waals surface area contributed by atoms with Gasteiger partial charge < -0.3 is 24.8 Å². The molecule has 10 heteroatoms. The number of para-hydroxylation sites is 1. The third-order valence-corrected chi connectivity index (χ3v) is 11.8. The van der Waals surface area contributed by atoms with E-state index in [4.69, 9.17) is 19.5 Å². The molecule has 0 aliphatic carbocycles. The molecule has 326 valence electrons. The van der Waals surface area contributed by atoms with Gasteiger partial charge >= 0.3 is 0 Å². The smallest absolute Gasteiger partial charge is 0.255 e. The highest BCUT2D eigenvalue weighted by molar-refractivity contribution is 6.07. The van der Waals surface area contributed by atoms with Crippen LogP contribution >= 0.6 is 0 Å². The molecule has 2 aromatic heterocycles. The zero-order valence-corrected chi connectivity index (χ0v) is 36.8. The number of hydrogen-bond acceptors (Lipinski definition) is 7.